The van der Waals surface area contributed by atoms with Crippen molar-refractivity contribution < 1.29 is 23.6 Å². The molecule has 2 N–H and O–H groups in total. The van der Waals surface area contributed by atoms with Crippen LogP contribution in [0.5, 0.6) is 5.75 Å². The van der Waals surface area contributed by atoms with Gasteiger partial charge < -0.3 is 14.2 Å². The summed E-state index contributed by atoms with van der Waals surface area (Å²) in [6.45, 7) is 1.74. The van der Waals surface area contributed by atoms with Crippen molar-refractivity contribution >= 4 is 11.1 Å². The fourth-order valence-electron chi connectivity index (χ4n) is 0.989. The van der Waals surface area contributed by atoms with Gasteiger partial charge >= 0.3 is 0 Å². The molecule has 0 aliphatic heterocycles. The molecule has 0 heterocycles. The molecule has 1 aromatic rings. The molecular weight excluding hydrogens is 220 g/mol. The van der Waals surface area contributed by atoms with Crippen LogP contribution in [0.2, 0.25) is 0 Å². The van der Waals surface area contributed by atoms with Crippen molar-refractivity contribution in [1.82, 2.24) is 0 Å². The third-order valence-corrected chi connectivity index (χ3v) is 2.32. The summed E-state index contributed by atoms with van der Waals surface area (Å²) in [4.78, 5) is 3.98. The first kappa shape index (κ1) is 11.7. The normalized spacial score (nSPS) is 12.7. The van der Waals surface area contributed by atoms with Gasteiger partial charge in [0.15, 0.2) is 17.3 Å². The smallest absolute Gasteiger partial charge is 0.186 e. The lowest BCUT2D eigenvalue weighted by Crippen LogP contribution is -1.92. The van der Waals surface area contributed by atoms with E-state index in [4.69, 9.17) is 14.5 Å². The number of hydrogen-bond donors (Lipinski definition) is 2. The van der Waals surface area contributed by atoms with Gasteiger partial charge in [-0.15, -0.1) is 0 Å². The minimum absolute atomic E-state index is 0.308. The highest BCUT2D eigenvalue weighted by Gasteiger charge is 2.03. The molecule has 1 unspecified atom stereocenters. The Hall–Kier alpha value is -1.37. The number of rotatable bonds is 4. The first-order valence-corrected chi connectivity index (χ1v) is 5.09. The molecule has 0 fully saturated rings. The summed E-state index contributed by atoms with van der Waals surface area (Å²) in [5.74, 6) is 0.512. The molecule has 82 valence electrons. The molecule has 0 spiro atoms. The maximum atomic E-state index is 10.7. The van der Waals surface area contributed by atoms with Gasteiger partial charge in [0.25, 0.3) is 0 Å². The van der Waals surface area contributed by atoms with Crippen LogP contribution < -0.4 is 4.74 Å². The standard InChI is InChI=1S/C9H10O5S/c1-7-6-8(15(11)12)2-3-9(7)13-4-5-14-10/h2-6,10H,1H3,(H,11,12)/b5-4+. The molecule has 0 amide bonds. The van der Waals surface area contributed by atoms with Crippen molar-refractivity contribution in [2.24, 2.45) is 0 Å². The van der Waals surface area contributed by atoms with Crippen LogP contribution in [0, 0.1) is 6.92 Å². The number of benzene rings is 1. The lowest BCUT2D eigenvalue weighted by atomic mass is 10.2. The number of ether oxygens (including phenoxy) is 1. The molecule has 0 radical (unpaired) electrons. The van der Waals surface area contributed by atoms with E-state index in [1.165, 1.54) is 6.07 Å². The Morgan fingerprint density at radius 1 is 1.40 bits per heavy atom. The van der Waals surface area contributed by atoms with E-state index < -0.39 is 11.1 Å². The molecule has 15 heavy (non-hydrogen) atoms. The van der Waals surface area contributed by atoms with E-state index in [-0.39, 0.29) is 0 Å². The monoisotopic (exact) mass is 230 g/mol. The number of hydrogen-bond acceptors (Lipinski definition) is 4. The minimum atomic E-state index is -1.99. The van der Waals surface area contributed by atoms with Crippen molar-refractivity contribution in [2.45, 2.75) is 11.8 Å². The maximum Gasteiger partial charge on any atom is 0.186 e. The summed E-state index contributed by atoms with van der Waals surface area (Å²) < 4.78 is 24.6. The molecule has 0 bridgehead atoms. The summed E-state index contributed by atoms with van der Waals surface area (Å²) in [6, 6.07) is 4.58. The van der Waals surface area contributed by atoms with Gasteiger partial charge in [-0.05, 0) is 30.7 Å². The first-order valence-electron chi connectivity index (χ1n) is 3.98. The van der Waals surface area contributed by atoms with Crippen LogP contribution in [0.3, 0.4) is 0 Å². The van der Waals surface area contributed by atoms with Crippen molar-refractivity contribution in [3.63, 3.8) is 0 Å². The molecule has 0 saturated carbocycles. The SMILES string of the molecule is Cc1cc(S(=O)O)ccc1O/C=C/OO. The van der Waals surface area contributed by atoms with Crippen LogP contribution in [-0.2, 0) is 16.0 Å². The third-order valence-electron chi connectivity index (χ3n) is 1.66. The Morgan fingerprint density at radius 2 is 2.13 bits per heavy atom. The highest BCUT2D eigenvalue weighted by Crippen LogP contribution is 2.20. The predicted molar refractivity (Wildman–Crippen MR) is 53.7 cm³/mol. The second-order valence-corrected chi connectivity index (χ2v) is 3.64. The lowest BCUT2D eigenvalue weighted by Gasteiger charge is -2.04. The Labute approximate surface area is 89.2 Å². The molecule has 5 nitrogen and oxygen atoms in total. The molecular formula is C9H10O5S. The summed E-state index contributed by atoms with van der Waals surface area (Å²) >= 11 is -1.99. The quantitative estimate of drug-likeness (QED) is 0.357. The minimum Gasteiger partial charge on any atom is -0.461 e. The van der Waals surface area contributed by atoms with Crippen molar-refractivity contribution in [3.05, 3.63) is 36.3 Å². The summed E-state index contributed by atoms with van der Waals surface area (Å²) in [5.41, 5.74) is 0.706. The average Bonchev–Trinajstić information content (AvgIpc) is 2.20. The zero-order chi connectivity index (χ0) is 11.3. The topological polar surface area (TPSA) is 76.0 Å². The van der Waals surface area contributed by atoms with E-state index in [1.807, 2.05) is 0 Å². The van der Waals surface area contributed by atoms with Crippen LogP contribution in [0.1, 0.15) is 5.56 Å². The molecule has 0 aromatic heterocycles. The van der Waals surface area contributed by atoms with E-state index in [9.17, 15) is 4.21 Å². The Kier molecular flexibility index (Phi) is 4.29. The second-order valence-electron chi connectivity index (χ2n) is 2.67. The van der Waals surface area contributed by atoms with E-state index in [0.717, 1.165) is 12.5 Å². The van der Waals surface area contributed by atoms with Gasteiger partial charge in [-0.1, -0.05) is 0 Å². The summed E-state index contributed by atoms with van der Waals surface area (Å²) in [6.07, 6.45) is 2.11. The van der Waals surface area contributed by atoms with Crippen molar-refractivity contribution in [3.8, 4) is 5.75 Å². The van der Waals surface area contributed by atoms with Crippen molar-refractivity contribution in [2.75, 3.05) is 0 Å². The molecule has 0 aliphatic rings. The van der Waals surface area contributed by atoms with Gasteiger partial charge in [0.05, 0.1) is 4.90 Å². The van der Waals surface area contributed by atoms with E-state index >= 15 is 0 Å². The number of aryl methyl sites for hydroxylation is 1. The maximum absolute atomic E-state index is 10.7. The molecule has 0 saturated heterocycles. The third kappa shape index (κ3) is 3.35. The van der Waals surface area contributed by atoms with Crippen LogP contribution in [-0.4, -0.2) is 14.0 Å². The molecule has 1 aromatic carbocycles. The fourth-order valence-corrected chi connectivity index (χ4v) is 1.45. The lowest BCUT2D eigenvalue weighted by molar-refractivity contribution is -0.187. The van der Waals surface area contributed by atoms with Gasteiger partial charge in [0.1, 0.15) is 12.0 Å². The van der Waals surface area contributed by atoms with E-state index in [2.05, 4.69) is 4.89 Å². The molecule has 1 rings (SSSR count). The van der Waals surface area contributed by atoms with E-state index in [0.29, 0.717) is 16.2 Å². The van der Waals surface area contributed by atoms with Gasteiger partial charge in [-0.25, -0.2) is 9.47 Å². The fraction of sp³-hybridized carbons (Fsp3) is 0.111. The highest BCUT2D eigenvalue weighted by atomic mass is 32.2. The van der Waals surface area contributed by atoms with Gasteiger partial charge in [-0.2, -0.15) is 0 Å². The molecule has 0 aliphatic carbocycles. The van der Waals surface area contributed by atoms with Crippen LogP contribution >= 0.6 is 0 Å². The van der Waals surface area contributed by atoms with E-state index in [1.54, 1.807) is 19.1 Å². The first-order chi connectivity index (χ1) is 7.15. The van der Waals surface area contributed by atoms with Crippen LogP contribution in [0.4, 0.5) is 0 Å². The van der Waals surface area contributed by atoms with Crippen molar-refractivity contribution in [1.29, 1.82) is 0 Å². The summed E-state index contributed by atoms with van der Waals surface area (Å²) in [5, 5.41) is 7.99. The van der Waals surface area contributed by atoms with Crippen LogP contribution in [0.25, 0.3) is 0 Å². The zero-order valence-corrected chi connectivity index (χ0v) is 8.73. The van der Waals surface area contributed by atoms with Gasteiger partial charge in [0, 0.05) is 0 Å². The van der Waals surface area contributed by atoms with Crippen LogP contribution in [0.15, 0.2) is 35.6 Å². The Balaban J connectivity index is 2.83. The largest absolute Gasteiger partial charge is 0.461 e. The Bertz CT molecular complexity index is 388. The Morgan fingerprint density at radius 3 is 2.67 bits per heavy atom. The molecule has 1 atom stereocenters. The summed E-state index contributed by atoms with van der Waals surface area (Å²) in [7, 11) is 0. The highest BCUT2D eigenvalue weighted by molar-refractivity contribution is 7.79. The second kappa shape index (κ2) is 5.50. The van der Waals surface area contributed by atoms with Gasteiger partial charge in [0.2, 0.25) is 0 Å². The zero-order valence-electron chi connectivity index (χ0n) is 7.91. The molecule has 6 heteroatoms. The predicted octanol–water partition coefficient (Wildman–Crippen LogP) is 1.92. The average molecular weight is 230 g/mol. The van der Waals surface area contributed by atoms with Gasteiger partial charge in [-0.3, -0.25) is 0 Å².